The van der Waals surface area contributed by atoms with Crippen molar-refractivity contribution in [3.63, 3.8) is 0 Å². The van der Waals surface area contributed by atoms with Crippen LogP contribution >= 0.6 is 31.9 Å². The average molecular weight is 334 g/mol. The summed E-state index contributed by atoms with van der Waals surface area (Å²) < 4.78 is 0.981. The Kier molecular flexibility index (Phi) is 4.13. The van der Waals surface area contributed by atoms with E-state index in [2.05, 4.69) is 31.9 Å². The van der Waals surface area contributed by atoms with E-state index in [1.807, 2.05) is 39.0 Å². The predicted octanol–water partition coefficient (Wildman–Crippen LogP) is 4.57. The summed E-state index contributed by atoms with van der Waals surface area (Å²) in [4.78, 5) is 12.0. The number of carbonyl (C=O) groups is 1. The van der Waals surface area contributed by atoms with Crippen molar-refractivity contribution in [1.29, 1.82) is 0 Å². The lowest BCUT2D eigenvalue weighted by atomic mass is 9.86. The number of hydrogen-bond donors (Lipinski definition) is 0. The van der Waals surface area contributed by atoms with Crippen LogP contribution in [0.1, 0.15) is 36.7 Å². The highest BCUT2D eigenvalue weighted by molar-refractivity contribution is 9.10. The number of alkyl halides is 1. The highest BCUT2D eigenvalue weighted by atomic mass is 79.9. The topological polar surface area (TPSA) is 17.1 Å². The smallest absolute Gasteiger partial charge is 0.168 e. The minimum Gasteiger partial charge on any atom is -0.294 e. The molecule has 0 radical (unpaired) electrons. The van der Waals surface area contributed by atoms with Crippen molar-refractivity contribution in [2.45, 2.75) is 26.1 Å². The van der Waals surface area contributed by atoms with Gasteiger partial charge < -0.3 is 0 Å². The Labute approximate surface area is 108 Å². The first-order valence-corrected chi connectivity index (χ1v) is 6.67. The quantitative estimate of drug-likeness (QED) is 0.572. The summed E-state index contributed by atoms with van der Waals surface area (Å²) in [5.74, 6) is 0.171. The molecule has 0 heterocycles. The summed E-state index contributed by atoms with van der Waals surface area (Å²) in [5.41, 5.74) is 1.59. The van der Waals surface area contributed by atoms with Crippen LogP contribution in [-0.2, 0) is 5.33 Å². The van der Waals surface area contributed by atoms with E-state index in [-0.39, 0.29) is 11.2 Å². The lowest BCUT2D eigenvalue weighted by Gasteiger charge is -2.17. The molecule has 0 saturated heterocycles. The van der Waals surface area contributed by atoms with Crippen molar-refractivity contribution in [2.24, 2.45) is 5.41 Å². The van der Waals surface area contributed by atoms with Gasteiger partial charge in [-0.25, -0.2) is 0 Å². The van der Waals surface area contributed by atoms with Gasteiger partial charge in [0.25, 0.3) is 0 Å². The largest absolute Gasteiger partial charge is 0.294 e. The molecule has 15 heavy (non-hydrogen) atoms. The molecule has 0 aliphatic rings. The molecule has 0 aliphatic heterocycles. The summed E-state index contributed by atoms with van der Waals surface area (Å²) in [6.07, 6.45) is 0. The van der Waals surface area contributed by atoms with Gasteiger partial charge in [0.05, 0.1) is 0 Å². The van der Waals surface area contributed by atoms with Crippen LogP contribution in [0.5, 0.6) is 0 Å². The number of ketones is 1. The number of benzene rings is 1. The van der Waals surface area contributed by atoms with E-state index in [4.69, 9.17) is 0 Å². The lowest BCUT2D eigenvalue weighted by Crippen LogP contribution is -2.20. The van der Waals surface area contributed by atoms with Crippen molar-refractivity contribution in [3.05, 3.63) is 33.8 Å². The second-order valence-electron chi connectivity index (χ2n) is 4.52. The maximum Gasteiger partial charge on any atom is 0.168 e. The number of hydrogen-bond acceptors (Lipinski definition) is 1. The minimum atomic E-state index is -0.324. The Bertz CT molecular complexity index is 378. The second kappa shape index (κ2) is 4.79. The zero-order valence-electron chi connectivity index (χ0n) is 9.10. The van der Waals surface area contributed by atoms with Crippen molar-refractivity contribution in [1.82, 2.24) is 0 Å². The highest BCUT2D eigenvalue weighted by Gasteiger charge is 2.23. The van der Waals surface area contributed by atoms with Gasteiger partial charge in [-0.3, -0.25) is 4.79 Å². The molecule has 0 saturated carbocycles. The molecule has 3 heteroatoms. The van der Waals surface area contributed by atoms with Gasteiger partial charge in [0, 0.05) is 20.8 Å². The summed E-state index contributed by atoms with van der Waals surface area (Å²) >= 11 is 6.85. The summed E-state index contributed by atoms with van der Waals surface area (Å²) in [6, 6.07) is 5.75. The fourth-order valence-electron chi connectivity index (χ4n) is 1.23. The molecule has 0 N–H and O–H groups in total. The molecular weight excluding hydrogens is 320 g/mol. The van der Waals surface area contributed by atoms with Crippen LogP contribution in [0.15, 0.2) is 22.7 Å². The van der Waals surface area contributed by atoms with Gasteiger partial charge in [0.15, 0.2) is 5.78 Å². The van der Waals surface area contributed by atoms with Gasteiger partial charge in [-0.05, 0) is 11.6 Å². The molecule has 0 fully saturated rings. The third-order valence-corrected chi connectivity index (χ3v) is 3.48. The molecule has 0 aliphatic carbocycles. The Morgan fingerprint density at radius 2 is 1.93 bits per heavy atom. The molecular formula is C12H14Br2O. The first-order chi connectivity index (χ1) is 6.86. The van der Waals surface area contributed by atoms with Gasteiger partial charge in [0.1, 0.15) is 0 Å². The van der Waals surface area contributed by atoms with Crippen LogP contribution < -0.4 is 0 Å². The van der Waals surface area contributed by atoms with Gasteiger partial charge >= 0.3 is 0 Å². The monoisotopic (exact) mass is 332 g/mol. The molecule has 0 amide bonds. The molecule has 0 bridgehead atoms. The Balaban J connectivity index is 3.08. The van der Waals surface area contributed by atoms with E-state index in [1.165, 1.54) is 0 Å². The predicted molar refractivity (Wildman–Crippen MR) is 70.6 cm³/mol. The Morgan fingerprint density at radius 3 is 2.33 bits per heavy atom. The van der Waals surface area contributed by atoms with Gasteiger partial charge in [-0.1, -0.05) is 64.8 Å². The second-order valence-corrected chi connectivity index (χ2v) is 5.93. The number of carbonyl (C=O) groups excluding carboxylic acids is 1. The lowest BCUT2D eigenvalue weighted by molar-refractivity contribution is 0.0858. The molecule has 1 nitrogen and oxygen atoms in total. The van der Waals surface area contributed by atoms with E-state index in [1.54, 1.807) is 0 Å². The number of rotatable bonds is 2. The SMILES string of the molecule is CC(C)(C)C(=O)c1ccc(CBr)c(Br)c1. The van der Waals surface area contributed by atoms with Crippen molar-refractivity contribution in [2.75, 3.05) is 0 Å². The van der Waals surface area contributed by atoms with Crippen molar-refractivity contribution >= 4 is 37.6 Å². The third-order valence-electron chi connectivity index (χ3n) is 2.14. The maximum atomic E-state index is 12.0. The molecule has 0 aromatic heterocycles. The highest BCUT2D eigenvalue weighted by Crippen LogP contribution is 2.26. The van der Waals surface area contributed by atoms with E-state index in [0.29, 0.717) is 0 Å². The Morgan fingerprint density at radius 1 is 1.33 bits per heavy atom. The van der Waals surface area contributed by atoms with E-state index in [0.717, 1.165) is 20.9 Å². The fraction of sp³-hybridized carbons (Fsp3) is 0.417. The number of halogens is 2. The molecule has 82 valence electrons. The van der Waals surface area contributed by atoms with Crippen LogP contribution in [0, 0.1) is 5.41 Å². The number of Topliss-reactive ketones (excluding diaryl/α,β-unsaturated/α-hetero) is 1. The minimum absolute atomic E-state index is 0.171. The third kappa shape index (κ3) is 3.15. The van der Waals surface area contributed by atoms with Gasteiger partial charge in [-0.2, -0.15) is 0 Å². The van der Waals surface area contributed by atoms with E-state index < -0.39 is 0 Å². The van der Waals surface area contributed by atoms with Crippen LogP contribution in [0.25, 0.3) is 0 Å². The van der Waals surface area contributed by atoms with Crippen LogP contribution in [0.3, 0.4) is 0 Å². The zero-order chi connectivity index (χ0) is 11.6. The average Bonchev–Trinajstić information content (AvgIpc) is 2.15. The summed E-state index contributed by atoms with van der Waals surface area (Å²) in [5, 5.41) is 0.789. The molecule has 0 unspecified atom stereocenters. The van der Waals surface area contributed by atoms with Gasteiger partial charge in [-0.15, -0.1) is 0 Å². The zero-order valence-corrected chi connectivity index (χ0v) is 12.3. The molecule has 1 aromatic rings. The fourth-order valence-corrected chi connectivity index (χ4v) is 2.61. The normalized spacial score (nSPS) is 11.5. The maximum absolute atomic E-state index is 12.0. The van der Waals surface area contributed by atoms with Crippen molar-refractivity contribution < 1.29 is 4.79 Å². The first kappa shape index (κ1) is 12.9. The standard InChI is InChI=1S/C12H14Br2O/c1-12(2,3)11(15)8-4-5-9(7-13)10(14)6-8/h4-6H,7H2,1-3H3. The Hall–Kier alpha value is -0.150. The summed E-state index contributed by atoms with van der Waals surface area (Å²) in [7, 11) is 0. The molecule has 0 spiro atoms. The first-order valence-electron chi connectivity index (χ1n) is 4.75. The van der Waals surface area contributed by atoms with Crippen LogP contribution in [0.2, 0.25) is 0 Å². The molecule has 1 aromatic carbocycles. The molecule has 0 atom stereocenters. The molecule has 1 rings (SSSR count). The van der Waals surface area contributed by atoms with E-state index in [9.17, 15) is 4.79 Å². The van der Waals surface area contributed by atoms with Crippen molar-refractivity contribution in [3.8, 4) is 0 Å². The summed E-state index contributed by atoms with van der Waals surface area (Å²) in [6.45, 7) is 5.80. The van der Waals surface area contributed by atoms with Gasteiger partial charge in [0.2, 0.25) is 0 Å². The van der Waals surface area contributed by atoms with E-state index >= 15 is 0 Å². The van der Waals surface area contributed by atoms with Crippen LogP contribution in [0.4, 0.5) is 0 Å². The van der Waals surface area contributed by atoms with Crippen LogP contribution in [-0.4, -0.2) is 5.78 Å².